The summed E-state index contributed by atoms with van der Waals surface area (Å²) in [4.78, 5) is 3.92. The third-order valence-corrected chi connectivity index (χ3v) is 4.71. The molecule has 0 aliphatic heterocycles. The van der Waals surface area contributed by atoms with Gasteiger partial charge in [0.05, 0.1) is 6.54 Å². The second-order valence-electron chi connectivity index (χ2n) is 5.72. The van der Waals surface area contributed by atoms with E-state index >= 15 is 0 Å². The third kappa shape index (κ3) is 5.60. The van der Waals surface area contributed by atoms with E-state index in [0.29, 0.717) is 6.54 Å². The third-order valence-electron chi connectivity index (χ3n) is 3.62. The van der Waals surface area contributed by atoms with Crippen LogP contribution in [0.25, 0.3) is 0 Å². The fourth-order valence-corrected chi connectivity index (χ4v) is 3.45. The number of hydrogen-bond donors (Lipinski definition) is 1. The Morgan fingerprint density at radius 2 is 2.10 bits per heavy atom. The Bertz CT molecular complexity index is 452. The molecule has 1 heterocycles. The summed E-state index contributed by atoms with van der Waals surface area (Å²) in [6.45, 7) is 5.51. The number of aryl methyl sites for hydroxylation is 1. The molecular formula is C15H23F3N2S. The van der Waals surface area contributed by atoms with Gasteiger partial charge in [-0.25, -0.2) is 0 Å². The topological polar surface area (TPSA) is 15.3 Å². The van der Waals surface area contributed by atoms with E-state index < -0.39 is 12.7 Å². The van der Waals surface area contributed by atoms with Crippen molar-refractivity contribution in [2.75, 3.05) is 13.1 Å². The van der Waals surface area contributed by atoms with Crippen molar-refractivity contribution in [2.24, 2.45) is 0 Å². The number of rotatable bonds is 8. The van der Waals surface area contributed by atoms with Crippen LogP contribution in [0.1, 0.15) is 41.5 Å². The van der Waals surface area contributed by atoms with Gasteiger partial charge in [0.1, 0.15) is 0 Å². The monoisotopic (exact) mass is 320 g/mol. The molecule has 0 unspecified atom stereocenters. The van der Waals surface area contributed by atoms with Crippen LogP contribution in [0.3, 0.4) is 0 Å². The van der Waals surface area contributed by atoms with Gasteiger partial charge in [0.15, 0.2) is 0 Å². The van der Waals surface area contributed by atoms with Gasteiger partial charge >= 0.3 is 6.18 Å². The summed E-state index contributed by atoms with van der Waals surface area (Å²) in [6, 6.07) is 2.18. The minimum Gasteiger partial charge on any atom is -0.312 e. The smallest absolute Gasteiger partial charge is 0.312 e. The van der Waals surface area contributed by atoms with E-state index in [1.807, 2.05) is 6.92 Å². The number of hydrogen-bond acceptors (Lipinski definition) is 3. The summed E-state index contributed by atoms with van der Waals surface area (Å²) in [7, 11) is 0. The van der Waals surface area contributed by atoms with Gasteiger partial charge in [0, 0.05) is 28.9 Å². The van der Waals surface area contributed by atoms with E-state index in [9.17, 15) is 13.2 Å². The van der Waals surface area contributed by atoms with Crippen molar-refractivity contribution in [3.05, 3.63) is 21.4 Å². The van der Waals surface area contributed by atoms with Gasteiger partial charge in [-0.15, -0.1) is 11.3 Å². The lowest BCUT2D eigenvalue weighted by Crippen LogP contribution is -2.35. The van der Waals surface area contributed by atoms with Crippen molar-refractivity contribution in [2.45, 2.75) is 58.4 Å². The molecule has 1 aromatic heterocycles. The molecule has 2 nitrogen and oxygen atoms in total. The molecule has 1 saturated carbocycles. The molecule has 0 saturated heterocycles. The lowest BCUT2D eigenvalue weighted by molar-refractivity contribution is -0.148. The van der Waals surface area contributed by atoms with Crippen LogP contribution in [-0.4, -0.2) is 30.2 Å². The highest BCUT2D eigenvalue weighted by Gasteiger charge is 2.38. The van der Waals surface area contributed by atoms with Crippen LogP contribution in [0.5, 0.6) is 0 Å². The number of nitrogens with zero attached hydrogens (tertiary/aromatic N) is 1. The largest absolute Gasteiger partial charge is 0.401 e. The van der Waals surface area contributed by atoms with Gasteiger partial charge in [0.2, 0.25) is 0 Å². The summed E-state index contributed by atoms with van der Waals surface area (Å²) >= 11 is 1.69. The zero-order chi connectivity index (χ0) is 15.5. The first kappa shape index (κ1) is 16.8. The lowest BCUT2D eigenvalue weighted by atomic mass is 10.2. The average molecular weight is 320 g/mol. The fraction of sp³-hybridized carbons (Fsp3) is 0.733. The Balaban J connectivity index is 1.96. The Hall–Kier alpha value is -0.590. The van der Waals surface area contributed by atoms with Crippen molar-refractivity contribution in [3.8, 4) is 0 Å². The van der Waals surface area contributed by atoms with E-state index in [1.54, 1.807) is 16.2 Å². The van der Waals surface area contributed by atoms with E-state index in [-0.39, 0.29) is 6.04 Å². The standard InChI is InChI=1S/C15H23F3N2S/c1-3-6-19-8-14-7-12(11(2)21-14)9-20(13-4-5-13)10-15(16,17)18/h7,13,19H,3-6,8-10H2,1-2H3. The fourth-order valence-electron chi connectivity index (χ4n) is 2.42. The van der Waals surface area contributed by atoms with Crippen LogP contribution in [-0.2, 0) is 13.1 Å². The molecule has 0 aromatic carbocycles. The highest BCUT2D eigenvalue weighted by molar-refractivity contribution is 7.12. The van der Waals surface area contributed by atoms with Gasteiger partial charge in [-0.3, -0.25) is 4.90 Å². The molecule has 21 heavy (non-hydrogen) atoms. The summed E-state index contributed by atoms with van der Waals surface area (Å²) < 4.78 is 38.0. The zero-order valence-electron chi connectivity index (χ0n) is 12.6. The normalized spacial score (nSPS) is 15.9. The summed E-state index contributed by atoms with van der Waals surface area (Å²) in [5, 5.41) is 3.34. The molecule has 0 spiro atoms. The minimum atomic E-state index is -4.11. The van der Waals surface area contributed by atoms with Crippen molar-refractivity contribution in [1.29, 1.82) is 0 Å². The average Bonchev–Trinajstić information content (AvgIpc) is 3.15. The Morgan fingerprint density at radius 1 is 1.38 bits per heavy atom. The molecular weight excluding hydrogens is 297 g/mol. The van der Waals surface area contributed by atoms with Gasteiger partial charge in [-0.2, -0.15) is 13.2 Å². The quantitative estimate of drug-likeness (QED) is 0.726. The first-order chi connectivity index (χ1) is 9.89. The molecule has 0 amide bonds. The maximum absolute atomic E-state index is 12.7. The molecule has 120 valence electrons. The molecule has 1 aliphatic rings. The second kappa shape index (κ2) is 7.11. The Labute approximate surface area is 128 Å². The van der Waals surface area contributed by atoms with Gasteiger partial charge in [-0.1, -0.05) is 6.92 Å². The molecule has 0 radical (unpaired) electrons. The first-order valence-electron chi connectivity index (χ1n) is 7.48. The van der Waals surface area contributed by atoms with Crippen molar-refractivity contribution < 1.29 is 13.2 Å². The van der Waals surface area contributed by atoms with Crippen LogP contribution in [0, 0.1) is 6.92 Å². The van der Waals surface area contributed by atoms with Crippen molar-refractivity contribution in [3.63, 3.8) is 0 Å². The maximum atomic E-state index is 12.7. The molecule has 6 heteroatoms. The summed E-state index contributed by atoms with van der Waals surface area (Å²) in [5.74, 6) is 0. The molecule has 0 bridgehead atoms. The summed E-state index contributed by atoms with van der Waals surface area (Å²) in [6.07, 6.45) is -1.25. The van der Waals surface area contributed by atoms with Gasteiger partial charge < -0.3 is 5.32 Å². The van der Waals surface area contributed by atoms with Gasteiger partial charge in [-0.05, 0) is 44.4 Å². The van der Waals surface area contributed by atoms with E-state index in [1.165, 1.54) is 4.88 Å². The Kier molecular flexibility index (Phi) is 5.68. The Morgan fingerprint density at radius 3 is 2.67 bits per heavy atom. The van der Waals surface area contributed by atoms with E-state index in [2.05, 4.69) is 18.3 Å². The summed E-state index contributed by atoms with van der Waals surface area (Å²) in [5.41, 5.74) is 1.05. The van der Waals surface area contributed by atoms with Gasteiger partial charge in [0.25, 0.3) is 0 Å². The van der Waals surface area contributed by atoms with Crippen LogP contribution in [0.4, 0.5) is 13.2 Å². The number of nitrogens with one attached hydrogen (secondary N) is 1. The van der Waals surface area contributed by atoms with E-state index in [4.69, 9.17) is 0 Å². The molecule has 2 rings (SSSR count). The van der Waals surface area contributed by atoms with Crippen molar-refractivity contribution >= 4 is 11.3 Å². The number of alkyl halides is 3. The van der Waals surface area contributed by atoms with Crippen molar-refractivity contribution in [1.82, 2.24) is 10.2 Å². The van der Waals surface area contributed by atoms with Crippen LogP contribution in [0.2, 0.25) is 0 Å². The zero-order valence-corrected chi connectivity index (χ0v) is 13.4. The predicted octanol–water partition coefficient (Wildman–Crippen LogP) is 4.08. The molecule has 1 aromatic rings. The molecule has 1 aliphatic carbocycles. The minimum absolute atomic E-state index is 0.118. The molecule has 1 N–H and O–H groups in total. The van der Waals surface area contributed by atoms with Crippen LogP contribution < -0.4 is 5.32 Å². The molecule has 0 atom stereocenters. The predicted molar refractivity (Wildman–Crippen MR) is 80.5 cm³/mol. The highest BCUT2D eigenvalue weighted by atomic mass is 32.1. The van der Waals surface area contributed by atoms with Crippen LogP contribution >= 0.6 is 11.3 Å². The number of thiophene rings is 1. The maximum Gasteiger partial charge on any atom is 0.401 e. The lowest BCUT2D eigenvalue weighted by Gasteiger charge is -2.23. The van der Waals surface area contributed by atoms with E-state index in [0.717, 1.165) is 42.8 Å². The first-order valence-corrected chi connectivity index (χ1v) is 8.30. The highest BCUT2D eigenvalue weighted by Crippen LogP contribution is 2.33. The molecule has 1 fully saturated rings. The second-order valence-corrected chi connectivity index (χ2v) is 7.06. The van der Waals surface area contributed by atoms with Crippen LogP contribution in [0.15, 0.2) is 6.07 Å². The SMILES string of the molecule is CCCNCc1cc(CN(CC(F)(F)F)C2CC2)c(C)s1. The number of halogens is 3.